The molecule has 1 aromatic carbocycles. The zero-order valence-corrected chi connectivity index (χ0v) is 17.2. The number of hydrazone groups is 1. The summed E-state index contributed by atoms with van der Waals surface area (Å²) in [5.41, 5.74) is 1.25. The fourth-order valence-electron chi connectivity index (χ4n) is 3.73. The molecule has 1 N–H and O–H groups in total. The Bertz CT molecular complexity index is 1110. The van der Waals surface area contributed by atoms with Crippen molar-refractivity contribution in [1.29, 1.82) is 0 Å². The van der Waals surface area contributed by atoms with Crippen molar-refractivity contribution in [3.63, 3.8) is 0 Å². The number of carbonyl (C=O) groups excluding carboxylic acids is 2. The third kappa shape index (κ3) is 4.30. The molecule has 0 aliphatic carbocycles. The van der Waals surface area contributed by atoms with Gasteiger partial charge >= 0.3 is 0 Å². The van der Waals surface area contributed by atoms with Crippen LogP contribution >= 0.6 is 11.6 Å². The number of amides is 2. The largest absolute Gasteiger partial charge is 0.349 e. The lowest BCUT2D eigenvalue weighted by atomic mass is 10.1. The zero-order chi connectivity index (χ0) is 20.6. The van der Waals surface area contributed by atoms with E-state index in [1.165, 1.54) is 5.01 Å². The summed E-state index contributed by atoms with van der Waals surface area (Å²) in [7, 11) is -3.14. The first-order chi connectivity index (χ1) is 13.8. The molecule has 1 fully saturated rings. The third-order valence-corrected chi connectivity index (χ3v) is 7.24. The van der Waals surface area contributed by atoms with E-state index >= 15 is 0 Å². The van der Waals surface area contributed by atoms with Gasteiger partial charge in [0.2, 0.25) is 5.91 Å². The van der Waals surface area contributed by atoms with Crippen LogP contribution in [0.1, 0.15) is 19.3 Å². The summed E-state index contributed by atoms with van der Waals surface area (Å²) in [6.07, 6.45) is 2.70. The summed E-state index contributed by atoms with van der Waals surface area (Å²) >= 11 is 6.06. The van der Waals surface area contributed by atoms with Crippen molar-refractivity contribution in [3.8, 4) is 0 Å². The minimum Gasteiger partial charge on any atom is -0.349 e. The average molecular weight is 437 g/mol. The van der Waals surface area contributed by atoms with Crippen molar-refractivity contribution in [2.45, 2.75) is 31.8 Å². The predicted molar refractivity (Wildman–Crippen MR) is 111 cm³/mol. The highest BCUT2D eigenvalue weighted by molar-refractivity contribution is 7.91. The van der Waals surface area contributed by atoms with Gasteiger partial charge in [-0.2, -0.15) is 5.10 Å². The number of nitrogens with zero attached hydrogens (tertiary/aromatic N) is 3. The monoisotopic (exact) mass is 436 g/mol. The smallest absolute Gasteiger partial charge is 0.267 e. The van der Waals surface area contributed by atoms with Crippen LogP contribution in [-0.2, 0) is 26.0 Å². The van der Waals surface area contributed by atoms with Crippen LogP contribution in [0.3, 0.4) is 0 Å². The molecule has 2 aromatic rings. The number of benzene rings is 1. The van der Waals surface area contributed by atoms with Crippen molar-refractivity contribution in [2.24, 2.45) is 5.10 Å². The van der Waals surface area contributed by atoms with E-state index in [-0.39, 0.29) is 41.9 Å². The molecule has 10 heteroatoms. The van der Waals surface area contributed by atoms with Gasteiger partial charge in [0.15, 0.2) is 9.84 Å². The van der Waals surface area contributed by atoms with E-state index in [9.17, 15) is 18.0 Å². The molecule has 2 aliphatic rings. The first kappa shape index (κ1) is 19.9. The van der Waals surface area contributed by atoms with Crippen molar-refractivity contribution in [2.75, 3.05) is 18.1 Å². The fourth-order valence-corrected chi connectivity index (χ4v) is 5.59. The number of carbonyl (C=O) groups is 2. The van der Waals surface area contributed by atoms with E-state index in [1.54, 1.807) is 0 Å². The third-order valence-electron chi connectivity index (χ3n) is 5.25. The number of rotatable bonds is 5. The van der Waals surface area contributed by atoms with Crippen molar-refractivity contribution >= 4 is 49.9 Å². The Labute approximate surface area is 173 Å². The highest BCUT2D eigenvalue weighted by Gasteiger charge is 2.37. The van der Waals surface area contributed by atoms with Gasteiger partial charge in [0, 0.05) is 42.7 Å². The van der Waals surface area contributed by atoms with Crippen LogP contribution in [0.5, 0.6) is 0 Å². The molecule has 0 radical (unpaired) electrons. The summed E-state index contributed by atoms with van der Waals surface area (Å²) in [5, 5.41) is 9.94. The number of hydrogen-bond acceptors (Lipinski definition) is 5. The Morgan fingerprint density at radius 1 is 1.28 bits per heavy atom. The lowest BCUT2D eigenvalue weighted by Gasteiger charge is -2.27. The molecule has 0 saturated carbocycles. The summed E-state index contributed by atoms with van der Waals surface area (Å²) in [6, 6.07) is 7.16. The number of fused-ring (bicyclic) bond motifs is 1. The van der Waals surface area contributed by atoms with Gasteiger partial charge in [-0.25, -0.2) is 13.4 Å². The van der Waals surface area contributed by atoms with E-state index < -0.39 is 15.9 Å². The Morgan fingerprint density at radius 2 is 2.10 bits per heavy atom. The molecule has 3 heterocycles. The second kappa shape index (κ2) is 7.79. The quantitative estimate of drug-likeness (QED) is 0.768. The zero-order valence-electron chi connectivity index (χ0n) is 15.7. The molecule has 4 rings (SSSR count). The van der Waals surface area contributed by atoms with Crippen LogP contribution in [0.25, 0.3) is 10.9 Å². The molecule has 1 atom stereocenters. The van der Waals surface area contributed by atoms with Crippen molar-refractivity contribution in [3.05, 3.63) is 35.5 Å². The molecule has 2 amide bonds. The van der Waals surface area contributed by atoms with E-state index in [0.717, 1.165) is 10.9 Å². The van der Waals surface area contributed by atoms with Crippen LogP contribution in [-0.4, -0.2) is 59.6 Å². The number of nitrogens with one attached hydrogen (secondary N) is 1. The Hall–Kier alpha value is -2.39. The second-order valence-electron chi connectivity index (χ2n) is 7.31. The van der Waals surface area contributed by atoms with E-state index in [1.807, 2.05) is 35.0 Å². The Kier molecular flexibility index (Phi) is 5.35. The van der Waals surface area contributed by atoms with Crippen LogP contribution < -0.4 is 5.32 Å². The molecular weight excluding hydrogens is 416 g/mol. The number of sulfone groups is 1. The molecule has 8 nitrogen and oxygen atoms in total. The lowest BCUT2D eigenvalue weighted by molar-refractivity contribution is -0.133. The number of hydrogen-bond donors (Lipinski definition) is 1. The molecule has 1 aromatic heterocycles. The Morgan fingerprint density at radius 3 is 2.86 bits per heavy atom. The standard InChI is InChI=1S/C19H21ClN4O4S/c20-14-2-1-13-5-8-23(17(13)11-14)9-7-21-19(26)16-3-4-18(25)24(22-16)15-6-10-29(27,28)12-15/h1-2,5,8,11,15H,3-4,6-7,9-10,12H2,(H,21,26)/t15-/m1/s1. The maximum atomic E-state index is 12.5. The first-order valence-corrected chi connectivity index (χ1v) is 11.6. The van der Waals surface area contributed by atoms with Gasteiger partial charge in [-0.15, -0.1) is 0 Å². The number of aromatic nitrogens is 1. The van der Waals surface area contributed by atoms with Gasteiger partial charge in [-0.05, 0) is 30.0 Å². The van der Waals surface area contributed by atoms with Crippen molar-refractivity contribution in [1.82, 2.24) is 14.9 Å². The fraction of sp³-hybridized carbons (Fsp3) is 0.421. The van der Waals surface area contributed by atoms with Gasteiger partial charge in [0.1, 0.15) is 5.71 Å². The summed E-state index contributed by atoms with van der Waals surface area (Å²) in [5.74, 6) is -0.620. The van der Waals surface area contributed by atoms with E-state index in [4.69, 9.17) is 11.6 Å². The summed E-state index contributed by atoms with van der Waals surface area (Å²) < 4.78 is 25.4. The topological polar surface area (TPSA) is 101 Å². The van der Waals surface area contributed by atoms with Gasteiger partial charge in [-0.3, -0.25) is 9.59 Å². The molecule has 0 unspecified atom stereocenters. The highest BCUT2D eigenvalue weighted by Crippen LogP contribution is 2.22. The lowest BCUT2D eigenvalue weighted by Crippen LogP contribution is -2.44. The van der Waals surface area contributed by atoms with Gasteiger partial charge < -0.3 is 9.88 Å². The summed E-state index contributed by atoms with van der Waals surface area (Å²) in [6.45, 7) is 0.951. The molecule has 1 saturated heterocycles. The van der Waals surface area contributed by atoms with Gasteiger partial charge in [0.05, 0.1) is 17.5 Å². The minimum atomic E-state index is -3.14. The highest BCUT2D eigenvalue weighted by atomic mass is 35.5. The van der Waals surface area contributed by atoms with E-state index in [2.05, 4.69) is 10.4 Å². The molecule has 2 aliphatic heterocycles. The van der Waals surface area contributed by atoms with Crippen LogP contribution in [0, 0.1) is 0 Å². The molecule has 154 valence electrons. The van der Waals surface area contributed by atoms with Crippen molar-refractivity contribution < 1.29 is 18.0 Å². The maximum absolute atomic E-state index is 12.5. The maximum Gasteiger partial charge on any atom is 0.267 e. The number of halogens is 1. The van der Waals surface area contributed by atoms with Crippen LogP contribution in [0.4, 0.5) is 0 Å². The molecule has 29 heavy (non-hydrogen) atoms. The molecule has 0 spiro atoms. The molecule has 0 bridgehead atoms. The average Bonchev–Trinajstić information content (AvgIpc) is 3.24. The second-order valence-corrected chi connectivity index (χ2v) is 9.98. The SMILES string of the molecule is O=C(NCCn1ccc2ccc(Cl)cc21)C1=NN([C@@H]2CCS(=O)(=O)C2)C(=O)CC1. The predicted octanol–water partition coefficient (Wildman–Crippen LogP) is 1.58. The summed E-state index contributed by atoms with van der Waals surface area (Å²) in [4.78, 5) is 24.7. The molecular formula is C19H21ClN4O4S. The minimum absolute atomic E-state index is 0.0489. The normalized spacial score (nSPS) is 21.4. The first-order valence-electron chi connectivity index (χ1n) is 9.45. The van der Waals surface area contributed by atoms with Gasteiger partial charge in [0.25, 0.3) is 5.91 Å². The Balaban J connectivity index is 1.39. The van der Waals surface area contributed by atoms with Crippen LogP contribution in [0.15, 0.2) is 35.6 Å². The van der Waals surface area contributed by atoms with Gasteiger partial charge in [-0.1, -0.05) is 17.7 Å². The van der Waals surface area contributed by atoms with E-state index in [0.29, 0.717) is 24.5 Å². The van der Waals surface area contributed by atoms with Crippen LogP contribution in [0.2, 0.25) is 5.02 Å².